The van der Waals surface area contributed by atoms with Crippen molar-refractivity contribution in [3.8, 4) is 0 Å². The Hall–Kier alpha value is -2.38. The van der Waals surface area contributed by atoms with Crippen molar-refractivity contribution in [3.63, 3.8) is 0 Å². The number of primary amides is 1. The number of aryl methyl sites for hydroxylation is 1. The summed E-state index contributed by atoms with van der Waals surface area (Å²) < 4.78 is 1.59. The van der Waals surface area contributed by atoms with Crippen LogP contribution >= 0.6 is 23.2 Å². The highest BCUT2D eigenvalue weighted by Gasteiger charge is 2.12. The molecule has 9 heteroatoms. The third-order valence-electron chi connectivity index (χ3n) is 2.94. The lowest BCUT2D eigenvalue weighted by molar-refractivity contribution is -0.137. The summed E-state index contributed by atoms with van der Waals surface area (Å²) in [4.78, 5) is 21.6. The molecule has 0 saturated heterocycles. The normalized spacial score (nSPS) is 10.9. The Bertz CT molecular complexity index is 768. The molecule has 0 saturated carbocycles. The van der Waals surface area contributed by atoms with Crippen LogP contribution in [0.3, 0.4) is 0 Å². The zero-order chi connectivity index (χ0) is 17.0. The molecule has 2 amide bonds. The summed E-state index contributed by atoms with van der Waals surface area (Å²) >= 11 is 12.1. The molecular weight excluding hydrogens is 341 g/mol. The molecule has 0 aliphatic rings. The summed E-state index contributed by atoms with van der Waals surface area (Å²) in [5.41, 5.74) is 8.93. The van der Waals surface area contributed by atoms with Crippen LogP contribution in [0.4, 0.5) is 0 Å². The van der Waals surface area contributed by atoms with E-state index >= 15 is 0 Å². The van der Waals surface area contributed by atoms with E-state index in [1.807, 2.05) is 17.6 Å². The van der Waals surface area contributed by atoms with Gasteiger partial charge >= 0.3 is 11.8 Å². The maximum Gasteiger partial charge on any atom is 0.329 e. The molecule has 2 rings (SSSR count). The first-order valence-electron chi connectivity index (χ1n) is 6.48. The first kappa shape index (κ1) is 17.0. The van der Waals surface area contributed by atoms with Gasteiger partial charge in [0.1, 0.15) is 5.15 Å². The van der Waals surface area contributed by atoms with Crippen molar-refractivity contribution in [2.75, 3.05) is 0 Å². The van der Waals surface area contributed by atoms with E-state index in [-0.39, 0.29) is 0 Å². The second-order valence-electron chi connectivity index (χ2n) is 4.64. The maximum absolute atomic E-state index is 11.0. The van der Waals surface area contributed by atoms with Gasteiger partial charge in [0.05, 0.1) is 24.0 Å². The molecule has 23 heavy (non-hydrogen) atoms. The predicted molar refractivity (Wildman–Crippen MR) is 87.5 cm³/mol. The Kier molecular flexibility index (Phi) is 5.36. The number of halogens is 2. The Labute approximate surface area is 142 Å². The standard InChI is InChI=1S/C14H13Cl2N5O2/c1-8-11(6-18-19-14(23)13(17)22)12(16)21(20-8)7-9-2-4-10(15)5-3-9/h2-6H,7H2,1H3,(H2,17,22)(H,19,23)/b18-6-. The van der Waals surface area contributed by atoms with Crippen LogP contribution in [0.2, 0.25) is 10.2 Å². The highest BCUT2D eigenvalue weighted by molar-refractivity contribution is 6.34. The fourth-order valence-corrected chi connectivity index (χ4v) is 2.20. The number of benzene rings is 1. The lowest BCUT2D eigenvalue weighted by Gasteiger charge is -2.03. The maximum atomic E-state index is 11.0. The summed E-state index contributed by atoms with van der Waals surface area (Å²) in [6, 6.07) is 7.30. The molecule has 120 valence electrons. The molecule has 0 aliphatic heterocycles. The van der Waals surface area contributed by atoms with Crippen LogP contribution in [-0.4, -0.2) is 27.8 Å². The fraction of sp³-hybridized carbons (Fsp3) is 0.143. The third-order valence-corrected chi connectivity index (χ3v) is 3.59. The van der Waals surface area contributed by atoms with Crippen LogP contribution in [0.5, 0.6) is 0 Å². The van der Waals surface area contributed by atoms with Gasteiger partial charge in [-0.15, -0.1) is 0 Å². The molecule has 0 unspecified atom stereocenters. The van der Waals surface area contributed by atoms with E-state index in [0.29, 0.717) is 28.0 Å². The van der Waals surface area contributed by atoms with Gasteiger partial charge in [-0.1, -0.05) is 35.3 Å². The number of aromatic nitrogens is 2. The molecule has 0 spiro atoms. The van der Waals surface area contributed by atoms with E-state index in [1.165, 1.54) is 6.21 Å². The van der Waals surface area contributed by atoms with Crippen molar-refractivity contribution in [2.24, 2.45) is 10.8 Å². The van der Waals surface area contributed by atoms with Crippen LogP contribution in [0.1, 0.15) is 16.8 Å². The zero-order valence-electron chi connectivity index (χ0n) is 12.1. The molecule has 0 radical (unpaired) electrons. The molecule has 0 fully saturated rings. The number of amides is 2. The number of nitrogens with two attached hydrogens (primary N) is 1. The number of nitrogens with zero attached hydrogens (tertiary/aromatic N) is 3. The molecule has 2 aromatic rings. The zero-order valence-corrected chi connectivity index (χ0v) is 13.6. The molecule has 3 N–H and O–H groups in total. The molecular formula is C14H13Cl2N5O2. The van der Waals surface area contributed by atoms with Crippen molar-refractivity contribution in [3.05, 3.63) is 51.3 Å². The SMILES string of the molecule is Cc1nn(Cc2ccc(Cl)cc2)c(Cl)c1/C=N\NC(=O)C(N)=O. The van der Waals surface area contributed by atoms with Gasteiger partial charge in [-0.25, -0.2) is 10.1 Å². The van der Waals surface area contributed by atoms with Crippen LogP contribution < -0.4 is 11.2 Å². The fourth-order valence-electron chi connectivity index (χ4n) is 1.79. The number of nitrogens with one attached hydrogen (secondary N) is 1. The van der Waals surface area contributed by atoms with Crippen LogP contribution in [-0.2, 0) is 16.1 Å². The topological polar surface area (TPSA) is 102 Å². The number of hydrogen-bond acceptors (Lipinski definition) is 4. The van der Waals surface area contributed by atoms with E-state index < -0.39 is 11.8 Å². The van der Waals surface area contributed by atoms with E-state index in [1.54, 1.807) is 23.7 Å². The van der Waals surface area contributed by atoms with E-state index in [0.717, 1.165) is 5.56 Å². The first-order valence-corrected chi connectivity index (χ1v) is 7.24. The molecule has 0 aliphatic carbocycles. The van der Waals surface area contributed by atoms with Gasteiger partial charge in [-0.05, 0) is 24.6 Å². The smallest absolute Gasteiger partial charge is 0.329 e. The van der Waals surface area contributed by atoms with Crippen molar-refractivity contribution in [1.29, 1.82) is 0 Å². The minimum absolute atomic E-state index is 0.356. The number of rotatable bonds is 4. The average Bonchev–Trinajstić information content (AvgIpc) is 2.76. The Morgan fingerprint density at radius 3 is 2.61 bits per heavy atom. The van der Waals surface area contributed by atoms with E-state index in [2.05, 4.69) is 10.2 Å². The van der Waals surface area contributed by atoms with Gasteiger partial charge in [0.15, 0.2) is 0 Å². The van der Waals surface area contributed by atoms with Gasteiger partial charge in [0.2, 0.25) is 0 Å². The van der Waals surface area contributed by atoms with Gasteiger partial charge < -0.3 is 5.73 Å². The summed E-state index contributed by atoms with van der Waals surface area (Å²) in [6.07, 6.45) is 1.31. The van der Waals surface area contributed by atoms with E-state index in [9.17, 15) is 9.59 Å². The molecule has 7 nitrogen and oxygen atoms in total. The summed E-state index contributed by atoms with van der Waals surface area (Å²) in [6.45, 7) is 2.21. The number of carbonyl (C=O) groups excluding carboxylic acids is 2. The number of carbonyl (C=O) groups is 2. The Balaban J connectivity index is 2.15. The largest absolute Gasteiger partial charge is 0.361 e. The average molecular weight is 354 g/mol. The van der Waals surface area contributed by atoms with Crippen LogP contribution in [0, 0.1) is 6.92 Å². The molecule has 0 bridgehead atoms. The van der Waals surface area contributed by atoms with Gasteiger partial charge in [0.25, 0.3) is 0 Å². The molecule has 1 aromatic heterocycles. The highest BCUT2D eigenvalue weighted by atomic mass is 35.5. The quantitative estimate of drug-likeness (QED) is 0.494. The monoisotopic (exact) mass is 353 g/mol. The van der Waals surface area contributed by atoms with E-state index in [4.69, 9.17) is 28.9 Å². The summed E-state index contributed by atoms with van der Waals surface area (Å²) in [7, 11) is 0. The highest BCUT2D eigenvalue weighted by Crippen LogP contribution is 2.19. The van der Waals surface area contributed by atoms with Crippen molar-refractivity contribution < 1.29 is 9.59 Å². The predicted octanol–water partition coefficient (Wildman–Crippen LogP) is 1.48. The van der Waals surface area contributed by atoms with Gasteiger partial charge in [0, 0.05) is 5.02 Å². The minimum atomic E-state index is -1.12. The molecule has 1 heterocycles. The second kappa shape index (κ2) is 7.26. The number of hydrazone groups is 1. The summed E-state index contributed by atoms with van der Waals surface area (Å²) in [5.74, 6) is -2.13. The van der Waals surface area contributed by atoms with Gasteiger partial charge in [-0.2, -0.15) is 10.2 Å². The third kappa shape index (κ3) is 4.30. The number of hydrogen-bond donors (Lipinski definition) is 2. The van der Waals surface area contributed by atoms with Crippen LogP contribution in [0.15, 0.2) is 29.4 Å². The minimum Gasteiger partial charge on any atom is -0.361 e. The Morgan fingerprint density at radius 2 is 2.00 bits per heavy atom. The first-order chi connectivity index (χ1) is 10.9. The lowest BCUT2D eigenvalue weighted by Crippen LogP contribution is -2.32. The van der Waals surface area contributed by atoms with Crippen molar-refractivity contribution in [1.82, 2.24) is 15.2 Å². The van der Waals surface area contributed by atoms with Crippen molar-refractivity contribution >= 4 is 41.2 Å². The van der Waals surface area contributed by atoms with Gasteiger partial charge in [-0.3, -0.25) is 9.59 Å². The van der Waals surface area contributed by atoms with Crippen LogP contribution in [0.25, 0.3) is 0 Å². The van der Waals surface area contributed by atoms with Crippen molar-refractivity contribution in [2.45, 2.75) is 13.5 Å². The second-order valence-corrected chi connectivity index (χ2v) is 5.43. The summed E-state index contributed by atoms with van der Waals surface area (Å²) in [5, 5.41) is 8.96. The lowest BCUT2D eigenvalue weighted by atomic mass is 10.2. The molecule has 1 aromatic carbocycles. The molecule has 0 atom stereocenters. The Morgan fingerprint density at radius 1 is 1.35 bits per heavy atom.